The van der Waals surface area contributed by atoms with Gasteiger partial charge in [0.25, 0.3) is 0 Å². The number of hydrogen-bond acceptors (Lipinski definition) is 4. The van der Waals surface area contributed by atoms with E-state index < -0.39 is 5.41 Å². The zero-order valence-electron chi connectivity index (χ0n) is 9.82. The van der Waals surface area contributed by atoms with Crippen LogP contribution in [-0.2, 0) is 10.2 Å². The fourth-order valence-electron chi connectivity index (χ4n) is 2.63. The largest absolute Gasteiger partial charge is 0.377 e. The quantitative estimate of drug-likeness (QED) is 0.808. The molecule has 2 fully saturated rings. The van der Waals surface area contributed by atoms with E-state index in [4.69, 9.17) is 9.72 Å². The standard InChI is InChI=1S/C13H16N2OS/c14-7-13(8-16-9-13)12-15-11(6-17-12)10-4-2-1-3-5-10/h6,10H,1-5,8-9H2. The molecule has 2 aliphatic rings. The first-order valence-corrected chi connectivity index (χ1v) is 7.17. The van der Waals surface area contributed by atoms with Crippen LogP contribution in [-0.4, -0.2) is 18.2 Å². The molecule has 4 heteroatoms. The lowest BCUT2D eigenvalue weighted by atomic mass is 9.86. The van der Waals surface area contributed by atoms with Crippen LogP contribution in [0.25, 0.3) is 0 Å². The molecule has 1 aliphatic heterocycles. The van der Waals surface area contributed by atoms with Gasteiger partial charge in [0, 0.05) is 11.3 Å². The predicted octanol–water partition coefficient (Wildman–Crippen LogP) is 2.98. The highest BCUT2D eigenvalue weighted by molar-refractivity contribution is 7.09. The van der Waals surface area contributed by atoms with Crippen LogP contribution in [0.2, 0.25) is 0 Å². The number of thiazole rings is 1. The average Bonchev–Trinajstić information content (AvgIpc) is 2.80. The van der Waals surface area contributed by atoms with Crippen LogP contribution >= 0.6 is 11.3 Å². The van der Waals surface area contributed by atoms with Crippen molar-refractivity contribution >= 4 is 11.3 Å². The van der Waals surface area contributed by atoms with Crippen LogP contribution in [0.3, 0.4) is 0 Å². The maximum absolute atomic E-state index is 9.25. The van der Waals surface area contributed by atoms with Gasteiger partial charge >= 0.3 is 0 Å². The Kier molecular flexibility index (Phi) is 2.89. The molecule has 90 valence electrons. The zero-order chi connectivity index (χ0) is 11.7. The van der Waals surface area contributed by atoms with Crippen molar-refractivity contribution in [3.63, 3.8) is 0 Å². The third-order valence-electron chi connectivity index (χ3n) is 3.87. The Morgan fingerprint density at radius 2 is 2.12 bits per heavy atom. The summed E-state index contributed by atoms with van der Waals surface area (Å²) >= 11 is 1.64. The van der Waals surface area contributed by atoms with Crippen molar-refractivity contribution in [1.82, 2.24) is 4.98 Å². The first-order valence-electron chi connectivity index (χ1n) is 6.29. The van der Waals surface area contributed by atoms with Crippen molar-refractivity contribution < 1.29 is 4.74 Å². The molecule has 3 rings (SSSR count). The Bertz CT molecular complexity index is 439. The highest BCUT2D eigenvalue weighted by Gasteiger charge is 2.43. The Balaban J connectivity index is 1.80. The number of nitriles is 1. The third kappa shape index (κ3) is 1.88. The molecule has 0 atom stereocenters. The van der Waals surface area contributed by atoms with Gasteiger partial charge in [0.15, 0.2) is 5.41 Å². The molecule has 17 heavy (non-hydrogen) atoms. The molecule has 0 amide bonds. The Labute approximate surface area is 105 Å². The highest BCUT2D eigenvalue weighted by Crippen LogP contribution is 2.38. The smallest absolute Gasteiger partial charge is 0.155 e. The first kappa shape index (κ1) is 11.2. The van der Waals surface area contributed by atoms with Crippen molar-refractivity contribution in [3.05, 3.63) is 16.1 Å². The fraction of sp³-hybridized carbons (Fsp3) is 0.692. The van der Waals surface area contributed by atoms with E-state index in [2.05, 4.69) is 11.4 Å². The van der Waals surface area contributed by atoms with Gasteiger partial charge in [-0.3, -0.25) is 0 Å². The molecule has 0 radical (unpaired) electrons. The van der Waals surface area contributed by atoms with Gasteiger partial charge in [0.1, 0.15) is 5.01 Å². The maximum atomic E-state index is 9.25. The topological polar surface area (TPSA) is 45.9 Å². The molecule has 1 aromatic rings. The van der Waals surface area contributed by atoms with E-state index in [-0.39, 0.29) is 0 Å². The van der Waals surface area contributed by atoms with Crippen molar-refractivity contribution in [2.24, 2.45) is 0 Å². The van der Waals surface area contributed by atoms with Crippen molar-refractivity contribution in [2.75, 3.05) is 13.2 Å². The van der Waals surface area contributed by atoms with Gasteiger partial charge in [-0.05, 0) is 12.8 Å². The van der Waals surface area contributed by atoms with Crippen LogP contribution in [0.1, 0.15) is 48.7 Å². The van der Waals surface area contributed by atoms with Crippen molar-refractivity contribution in [3.8, 4) is 6.07 Å². The third-order valence-corrected chi connectivity index (χ3v) is 4.93. The van der Waals surface area contributed by atoms with E-state index in [9.17, 15) is 5.26 Å². The second-order valence-corrected chi connectivity index (χ2v) is 5.96. The average molecular weight is 248 g/mol. The van der Waals surface area contributed by atoms with Crippen molar-refractivity contribution in [2.45, 2.75) is 43.4 Å². The van der Waals surface area contributed by atoms with E-state index >= 15 is 0 Å². The molecular weight excluding hydrogens is 232 g/mol. The zero-order valence-corrected chi connectivity index (χ0v) is 10.6. The van der Waals surface area contributed by atoms with E-state index in [0.717, 1.165) is 5.01 Å². The number of nitrogens with zero attached hydrogens (tertiary/aromatic N) is 2. The predicted molar refractivity (Wildman–Crippen MR) is 66.1 cm³/mol. The number of ether oxygens (including phenoxy) is 1. The normalized spacial score (nSPS) is 23.9. The lowest BCUT2D eigenvalue weighted by Crippen LogP contribution is -2.45. The van der Waals surface area contributed by atoms with E-state index in [0.29, 0.717) is 19.1 Å². The molecule has 1 aliphatic carbocycles. The SMILES string of the molecule is N#CC1(c2nc(C3CCCCC3)cs2)COC1. The van der Waals surface area contributed by atoms with E-state index in [1.807, 2.05) is 0 Å². The summed E-state index contributed by atoms with van der Waals surface area (Å²) in [7, 11) is 0. The second kappa shape index (κ2) is 4.40. The summed E-state index contributed by atoms with van der Waals surface area (Å²) in [5, 5.41) is 12.4. The molecule has 1 saturated carbocycles. The van der Waals surface area contributed by atoms with Crippen molar-refractivity contribution in [1.29, 1.82) is 5.26 Å². The minimum atomic E-state index is -0.433. The summed E-state index contributed by atoms with van der Waals surface area (Å²) in [6, 6.07) is 2.37. The van der Waals surface area contributed by atoms with Gasteiger partial charge in [-0.25, -0.2) is 4.98 Å². The van der Waals surface area contributed by atoms with Crippen LogP contribution in [0, 0.1) is 11.3 Å². The number of rotatable bonds is 2. The van der Waals surface area contributed by atoms with E-state index in [1.165, 1.54) is 37.8 Å². The molecule has 0 spiro atoms. The van der Waals surface area contributed by atoms with Crippen LogP contribution in [0.5, 0.6) is 0 Å². The minimum Gasteiger partial charge on any atom is -0.377 e. The number of hydrogen-bond donors (Lipinski definition) is 0. The molecule has 1 aromatic heterocycles. The van der Waals surface area contributed by atoms with Gasteiger partial charge in [-0.15, -0.1) is 11.3 Å². The molecule has 0 unspecified atom stereocenters. The summed E-state index contributed by atoms with van der Waals surface area (Å²) in [4.78, 5) is 4.71. The Hall–Kier alpha value is -0.920. The molecule has 1 saturated heterocycles. The fourth-order valence-corrected chi connectivity index (χ4v) is 3.66. The first-order chi connectivity index (χ1) is 8.34. The summed E-state index contributed by atoms with van der Waals surface area (Å²) < 4.78 is 5.18. The van der Waals surface area contributed by atoms with Crippen LogP contribution < -0.4 is 0 Å². The molecule has 0 bridgehead atoms. The monoisotopic (exact) mass is 248 g/mol. The lowest BCUT2D eigenvalue weighted by Gasteiger charge is -2.32. The van der Waals surface area contributed by atoms with Crippen LogP contribution in [0.4, 0.5) is 0 Å². The molecule has 0 N–H and O–H groups in total. The van der Waals surface area contributed by atoms with Gasteiger partial charge < -0.3 is 4.74 Å². The highest BCUT2D eigenvalue weighted by atomic mass is 32.1. The maximum Gasteiger partial charge on any atom is 0.155 e. The van der Waals surface area contributed by atoms with Gasteiger partial charge in [0.05, 0.1) is 25.0 Å². The lowest BCUT2D eigenvalue weighted by molar-refractivity contribution is -0.0299. The molecule has 2 heterocycles. The van der Waals surface area contributed by atoms with Gasteiger partial charge in [-0.2, -0.15) is 5.26 Å². The van der Waals surface area contributed by atoms with Gasteiger partial charge in [-0.1, -0.05) is 19.3 Å². The molecule has 0 aromatic carbocycles. The summed E-state index contributed by atoms with van der Waals surface area (Å²) in [6.07, 6.45) is 6.54. The minimum absolute atomic E-state index is 0.433. The summed E-state index contributed by atoms with van der Waals surface area (Å²) in [6.45, 7) is 1.03. The summed E-state index contributed by atoms with van der Waals surface area (Å²) in [5.74, 6) is 0.630. The number of aromatic nitrogens is 1. The molecular formula is C13H16N2OS. The molecule has 3 nitrogen and oxygen atoms in total. The summed E-state index contributed by atoms with van der Waals surface area (Å²) in [5.41, 5.74) is 0.781. The second-order valence-electron chi connectivity index (χ2n) is 5.10. The van der Waals surface area contributed by atoms with Crippen LogP contribution in [0.15, 0.2) is 5.38 Å². The Morgan fingerprint density at radius 1 is 1.35 bits per heavy atom. The van der Waals surface area contributed by atoms with Gasteiger partial charge in [0.2, 0.25) is 0 Å². The van der Waals surface area contributed by atoms with E-state index in [1.54, 1.807) is 11.3 Å². The Morgan fingerprint density at radius 3 is 2.71 bits per heavy atom.